The van der Waals surface area contributed by atoms with Crippen molar-refractivity contribution in [1.82, 2.24) is 15.2 Å². The molecular formula is C10H7N5O3. The van der Waals surface area contributed by atoms with Gasteiger partial charge < -0.3 is 15.1 Å². The molecule has 0 spiro atoms. The third-order valence-corrected chi connectivity index (χ3v) is 2.49. The second kappa shape index (κ2) is 3.55. The standard InChI is InChI=1S/C10H7N5O3/c11-10-14-13-9(18-10)8-4-5-3-6(15(16)17)1-2-7(5)12-8/h1-4,12H,(H2,11,14). The lowest BCUT2D eigenvalue weighted by Crippen LogP contribution is -1.86. The molecule has 0 aliphatic heterocycles. The van der Waals surface area contributed by atoms with Gasteiger partial charge in [0, 0.05) is 23.0 Å². The smallest absolute Gasteiger partial charge is 0.313 e. The van der Waals surface area contributed by atoms with Crippen LogP contribution < -0.4 is 5.73 Å². The van der Waals surface area contributed by atoms with Crippen molar-refractivity contribution in [1.29, 1.82) is 0 Å². The Hall–Kier alpha value is -2.90. The Morgan fingerprint density at radius 2 is 2.17 bits per heavy atom. The second-order valence-corrected chi connectivity index (χ2v) is 3.66. The summed E-state index contributed by atoms with van der Waals surface area (Å²) in [6.07, 6.45) is 0. The summed E-state index contributed by atoms with van der Waals surface area (Å²) in [6, 6.07) is 6.17. The zero-order chi connectivity index (χ0) is 12.7. The lowest BCUT2D eigenvalue weighted by atomic mass is 10.2. The molecule has 1 aromatic carbocycles. The van der Waals surface area contributed by atoms with Gasteiger partial charge in [0.05, 0.1) is 4.92 Å². The molecule has 0 amide bonds. The van der Waals surface area contributed by atoms with E-state index in [1.54, 1.807) is 12.1 Å². The van der Waals surface area contributed by atoms with Crippen molar-refractivity contribution in [2.75, 3.05) is 5.73 Å². The highest BCUT2D eigenvalue weighted by molar-refractivity contribution is 5.86. The van der Waals surface area contributed by atoms with E-state index < -0.39 is 4.92 Å². The Balaban J connectivity index is 2.13. The quantitative estimate of drug-likeness (QED) is 0.523. The summed E-state index contributed by atoms with van der Waals surface area (Å²) in [7, 11) is 0. The number of nitrogens with zero attached hydrogens (tertiary/aromatic N) is 3. The molecule has 3 rings (SSSR count). The first-order valence-corrected chi connectivity index (χ1v) is 5.00. The van der Waals surface area contributed by atoms with Gasteiger partial charge in [-0.1, -0.05) is 5.10 Å². The fraction of sp³-hybridized carbons (Fsp3) is 0. The molecule has 0 saturated carbocycles. The Morgan fingerprint density at radius 1 is 1.33 bits per heavy atom. The largest absolute Gasteiger partial charge is 0.402 e. The van der Waals surface area contributed by atoms with Gasteiger partial charge in [-0.2, -0.15) is 0 Å². The minimum Gasteiger partial charge on any atom is -0.402 e. The van der Waals surface area contributed by atoms with Gasteiger partial charge in [0.15, 0.2) is 0 Å². The summed E-state index contributed by atoms with van der Waals surface area (Å²) in [5, 5.41) is 18.6. The Kier molecular flexibility index (Phi) is 2.03. The molecule has 0 bridgehead atoms. The number of nitro groups is 1. The summed E-state index contributed by atoms with van der Waals surface area (Å²) < 4.78 is 5.07. The number of rotatable bonds is 2. The van der Waals surface area contributed by atoms with Crippen molar-refractivity contribution in [3.63, 3.8) is 0 Å². The maximum absolute atomic E-state index is 10.7. The molecule has 0 saturated heterocycles. The van der Waals surface area contributed by atoms with E-state index in [0.29, 0.717) is 11.1 Å². The Bertz CT molecular complexity index is 745. The van der Waals surface area contributed by atoms with Crippen LogP contribution in [-0.4, -0.2) is 20.1 Å². The lowest BCUT2D eigenvalue weighted by Gasteiger charge is -1.90. The predicted molar refractivity (Wildman–Crippen MR) is 62.7 cm³/mol. The maximum Gasteiger partial charge on any atom is 0.313 e. The molecule has 0 aliphatic rings. The summed E-state index contributed by atoms with van der Waals surface area (Å²) in [6.45, 7) is 0. The van der Waals surface area contributed by atoms with Gasteiger partial charge in [0.1, 0.15) is 5.69 Å². The number of benzene rings is 1. The normalized spacial score (nSPS) is 10.9. The fourth-order valence-corrected chi connectivity index (χ4v) is 1.69. The van der Waals surface area contributed by atoms with Gasteiger partial charge in [0.25, 0.3) is 11.6 Å². The predicted octanol–water partition coefficient (Wildman–Crippen LogP) is 1.71. The van der Waals surface area contributed by atoms with Crippen molar-refractivity contribution in [3.8, 4) is 11.6 Å². The molecule has 3 aromatic rings. The third kappa shape index (κ3) is 1.56. The van der Waals surface area contributed by atoms with E-state index in [1.807, 2.05) is 0 Å². The molecular weight excluding hydrogens is 238 g/mol. The van der Waals surface area contributed by atoms with Crippen LogP contribution in [0, 0.1) is 10.1 Å². The highest BCUT2D eigenvalue weighted by Crippen LogP contribution is 2.26. The summed E-state index contributed by atoms with van der Waals surface area (Å²) in [5.74, 6) is 0.242. The Morgan fingerprint density at radius 3 is 2.83 bits per heavy atom. The SMILES string of the molecule is Nc1nnc(-c2cc3cc([N+](=O)[O-])ccc3[nH]2)o1. The number of nitrogens with two attached hydrogens (primary N) is 1. The number of nitro benzene ring substituents is 1. The summed E-state index contributed by atoms with van der Waals surface area (Å²) >= 11 is 0. The maximum atomic E-state index is 10.7. The molecule has 90 valence electrons. The van der Waals surface area contributed by atoms with Crippen LogP contribution in [0.25, 0.3) is 22.5 Å². The van der Waals surface area contributed by atoms with E-state index in [4.69, 9.17) is 10.2 Å². The molecule has 8 heteroatoms. The number of hydrogen-bond donors (Lipinski definition) is 2. The fourth-order valence-electron chi connectivity index (χ4n) is 1.69. The third-order valence-electron chi connectivity index (χ3n) is 2.49. The van der Waals surface area contributed by atoms with Crippen LogP contribution in [0.5, 0.6) is 0 Å². The van der Waals surface area contributed by atoms with E-state index >= 15 is 0 Å². The number of hydrogen-bond acceptors (Lipinski definition) is 6. The van der Waals surface area contributed by atoms with Gasteiger partial charge in [0.2, 0.25) is 0 Å². The number of aromatic amines is 1. The number of non-ortho nitro benzene ring substituents is 1. The molecule has 18 heavy (non-hydrogen) atoms. The minimum absolute atomic E-state index is 0.0260. The molecule has 0 unspecified atom stereocenters. The van der Waals surface area contributed by atoms with Gasteiger partial charge >= 0.3 is 6.01 Å². The van der Waals surface area contributed by atoms with Crippen LogP contribution in [0.4, 0.5) is 11.7 Å². The van der Waals surface area contributed by atoms with Crippen molar-refractivity contribution in [2.45, 2.75) is 0 Å². The molecule has 0 radical (unpaired) electrons. The molecule has 2 aromatic heterocycles. The highest BCUT2D eigenvalue weighted by Gasteiger charge is 2.12. The first-order chi connectivity index (χ1) is 8.63. The van der Waals surface area contributed by atoms with E-state index in [-0.39, 0.29) is 17.6 Å². The lowest BCUT2D eigenvalue weighted by molar-refractivity contribution is -0.384. The summed E-state index contributed by atoms with van der Waals surface area (Å²) in [4.78, 5) is 13.2. The summed E-state index contributed by atoms with van der Waals surface area (Å²) in [5.41, 5.74) is 6.66. The van der Waals surface area contributed by atoms with Crippen LogP contribution in [0.2, 0.25) is 0 Å². The van der Waals surface area contributed by atoms with Crippen molar-refractivity contribution in [2.24, 2.45) is 0 Å². The number of aromatic nitrogens is 3. The number of nitrogens with one attached hydrogen (secondary N) is 1. The number of nitrogen functional groups attached to an aromatic ring is 1. The van der Waals surface area contributed by atoms with Gasteiger partial charge in [-0.25, -0.2) is 0 Å². The molecule has 0 aliphatic carbocycles. The van der Waals surface area contributed by atoms with Crippen LogP contribution >= 0.6 is 0 Å². The van der Waals surface area contributed by atoms with Gasteiger partial charge in [-0.15, -0.1) is 5.10 Å². The molecule has 2 heterocycles. The van der Waals surface area contributed by atoms with Crippen molar-refractivity contribution >= 4 is 22.6 Å². The molecule has 0 atom stereocenters. The van der Waals surface area contributed by atoms with Crippen LogP contribution in [0.1, 0.15) is 0 Å². The molecule has 3 N–H and O–H groups in total. The Labute approximate surface area is 99.6 Å². The first kappa shape index (κ1) is 10.3. The number of fused-ring (bicyclic) bond motifs is 1. The molecule has 8 nitrogen and oxygen atoms in total. The van der Waals surface area contributed by atoms with Crippen molar-refractivity contribution in [3.05, 3.63) is 34.4 Å². The van der Waals surface area contributed by atoms with Crippen LogP contribution in [-0.2, 0) is 0 Å². The van der Waals surface area contributed by atoms with E-state index in [1.165, 1.54) is 12.1 Å². The second-order valence-electron chi connectivity index (χ2n) is 3.66. The van der Waals surface area contributed by atoms with E-state index in [0.717, 1.165) is 5.52 Å². The van der Waals surface area contributed by atoms with E-state index in [9.17, 15) is 10.1 Å². The average molecular weight is 245 g/mol. The van der Waals surface area contributed by atoms with Crippen molar-refractivity contribution < 1.29 is 9.34 Å². The van der Waals surface area contributed by atoms with Crippen LogP contribution in [0.3, 0.4) is 0 Å². The van der Waals surface area contributed by atoms with Crippen LogP contribution in [0.15, 0.2) is 28.7 Å². The first-order valence-electron chi connectivity index (χ1n) is 5.00. The zero-order valence-corrected chi connectivity index (χ0v) is 8.95. The topological polar surface area (TPSA) is 124 Å². The minimum atomic E-state index is -0.448. The van der Waals surface area contributed by atoms with Gasteiger partial charge in [-0.05, 0) is 12.1 Å². The zero-order valence-electron chi connectivity index (χ0n) is 8.95. The monoisotopic (exact) mass is 245 g/mol. The van der Waals surface area contributed by atoms with E-state index in [2.05, 4.69) is 15.2 Å². The van der Waals surface area contributed by atoms with Gasteiger partial charge in [-0.3, -0.25) is 10.1 Å². The highest BCUT2D eigenvalue weighted by atomic mass is 16.6. The number of anilines is 1. The molecule has 0 fully saturated rings. The average Bonchev–Trinajstić information content (AvgIpc) is 2.93. The number of H-pyrrole nitrogens is 1.